The maximum absolute atomic E-state index is 12.6. The first kappa shape index (κ1) is 23.4. The lowest BCUT2D eigenvalue weighted by Gasteiger charge is -2.11. The summed E-state index contributed by atoms with van der Waals surface area (Å²) in [5.41, 5.74) is 5.64. The zero-order valence-electron chi connectivity index (χ0n) is 16.3. The van der Waals surface area contributed by atoms with Gasteiger partial charge in [0.2, 0.25) is 5.88 Å². The summed E-state index contributed by atoms with van der Waals surface area (Å²) in [7, 11) is 0. The number of hydrogen-bond acceptors (Lipinski definition) is 5. The number of hydrogen-bond donors (Lipinski definition) is 2. The van der Waals surface area contributed by atoms with Gasteiger partial charge in [0.05, 0.1) is 12.1 Å². The van der Waals surface area contributed by atoms with Gasteiger partial charge in [0.1, 0.15) is 23.2 Å². The molecule has 0 unspecified atom stereocenters. The predicted molar refractivity (Wildman–Crippen MR) is 107 cm³/mol. The Morgan fingerprint density at radius 1 is 1.33 bits per heavy atom. The van der Waals surface area contributed by atoms with Crippen molar-refractivity contribution in [2.45, 2.75) is 20.0 Å². The van der Waals surface area contributed by atoms with Crippen molar-refractivity contribution < 1.29 is 22.7 Å². The van der Waals surface area contributed by atoms with Crippen LogP contribution in [0, 0.1) is 5.92 Å². The maximum atomic E-state index is 12.6. The Bertz CT molecular complexity index is 919. The van der Waals surface area contributed by atoms with E-state index in [4.69, 9.17) is 22.1 Å². The van der Waals surface area contributed by atoms with E-state index in [0.29, 0.717) is 29.9 Å². The summed E-state index contributed by atoms with van der Waals surface area (Å²) in [6.45, 7) is 4.58. The second kappa shape index (κ2) is 10.2. The van der Waals surface area contributed by atoms with Gasteiger partial charge in [-0.15, -0.1) is 0 Å². The minimum atomic E-state index is -4.55. The third-order valence-electron chi connectivity index (χ3n) is 3.67. The van der Waals surface area contributed by atoms with E-state index >= 15 is 0 Å². The van der Waals surface area contributed by atoms with Gasteiger partial charge in [-0.2, -0.15) is 13.2 Å². The van der Waals surface area contributed by atoms with Crippen molar-refractivity contribution in [3.8, 4) is 5.88 Å². The lowest BCUT2D eigenvalue weighted by atomic mass is 10.2. The molecule has 0 aliphatic rings. The number of aromatic nitrogens is 2. The maximum Gasteiger partial charge on any atom is 0.417 e. The molecule has 2 aromatic rings. The molecule has 30 heavy (non-hydrogen) atoms. The molecule has 2 rings (SSSR count). The molecule has 2 heterocycles. The van der Waals surface area contributed by atoms with Crippen molar-refractivity contribution in [2.24, 2.45) is 16.6 Å². The summed E-state index contributed by atoms with van der Waals surface area (Å²) < 4.78 is 43.0. The standard InChI is InChI=1S/C19H21ClF3N5O2/c1-11(2)9-27-16(24)15-7-12(3-4-25-15)17(29)26-5-6-30-18-14(20)8-13(10-28-18)19(21,22)23/h3-4,7-8,10-11H,5-6,9H2,1-2H3,(H2,24,27)(H,26,29). The van der Waals surface area contributed by atoms with E-state index in [9.17, 15) is 18.0 Å². The molecule has 7 nitrogen and oxygen atoms in total. The van der Waals surface area contributed by atoms with Gasteiger partial charge in [-0.25, -0.2) is 4.98 Å². The number of alkyl halides is 3. The van der Waals surface area contributed by atoms with Crippen molar-refractivity contribution in [2.75, 3.05) is 19.7 Å². The van der Waals surface area contributed by atoms with Crippen molar-refractivity contribution in [3.05, 3.63) is 52.4 Å². The summed E-state index contributed by atoms with van der Waals surface area (Å²) in [4.78, 5) is 24.2. The number of carbonyl (C=O) groups is 1. The molecular formula is C19H21ClF3N5O2. The molecule has 2 aromatic heterocycles. The Hall–Kier alpha value is -2.88. The Labute approximate surface area is 176 Å². The normalized spacial score (nSPS) is 12.2. The van der Waals surface area contributed by atoms with Gasteiger partial charge < -0.3 is 15.8 Å². The van der Waals surface area contributed by atoms with E-state index in [2.05, 4.69) is 20.3 Å². The first-order valence-corrected chi connectivity index (χ1v) is 9.35. The number of amides is 1. The Morgan fingerprint density at radius 3 is 2.70 bits per heavy atom. The van der Waals surface area contributed by atoms with E-state index < -0.39 is 17.6 Å². The number of ether oxygens (including phenoxy) is 1. The van der Waals surface area contributed by atoms with E-state index in [1.54, 1.807) is 0 Å². The topological polar surface area (TPSA) is 102 Å². The molecule has 0 radical (unpaired) electrons. The number of carbonyl (C=O) groups excluding carboxylic acids is 1. The van der Waals surface area contributed by atoms with Gasteiger partial charge in [0, 0.05) is 24.5 Å². The molecule has 0 aliphatic heterocycles. The molecule has 1 amide bonds. The predicted octanol–water partition coefficient (Wildman–Crippen LogP) is 3.32. The number of nitrogens with one attached hydrogen (secondary N) is 1. The third kappa shape index (κ3) is 6.87. The van der Waals surface area contributed by atoms with Crippen molar-refractivity contribution >= 4 is 23.3 Å². The number of halogens is 4. The van der Waals surface area contributed by atoms with Crippen LogP contribution < -0.4 is 15.8 Å². The van der Waals surface area contributed by atoms with E-state index in [1.165, 1.54) is 18.3 Å². The summed E-state index contributed by atoms with van der Waals surface area (Å²) in [6.07, 6.45) is -2.47. The smallest absolute Gasteiger partial charge is 0.417 e. The molecule has 3 N–H and O–H groups in total. The number of nitrogens with two attached hydrogens (primary N) is 1. The van der Waals surface area contributed by atoms with Crippen LogP contribution in [-0.4, -0.2) is 41.4 Å². The third-order valence-corrected chi connectivity index (χ3v) is 3.94. The van der Waals surface area contributed by atoms with Crippen LogP contribution in [0.5, 0.6) is 5.88 Å². The van der Waals surface area contributed by atoms with Crippen LogP contribution in [0.3, 0.4) is 0 Å². The highest BCUT2D eigenvalue weighted by Crippen LogP contribution is 2.32. The first-order chi connectivity index (χ1) is 14.1. The van der Waals surface area contributed by atoms with Gasteiger partial charge in [0.25, 0.3) is 5.91 Å². The number of pyridine rings is 2. The van der Waals surface area contributed by atoms with E-state index in [-0.39, 0.29) is 29.9 Å². The van der Waals surface area contributed by atoms with Gasteiger partial charge in [-0.3, -0.25) is 14.8 Å². The van der Waals surface area contributed by atoms with Crippen LogP contribution in [0.25, 0.3) is 0 Å². The Kier molecular flexibility index (Phi) is 7.99. The number of amidine groups is 1. The molecule has 0 aliphatic carbocycles. The van der Waals surface area contributed by atoms with Gasteiger partial charge in [-0.05, 0) is 24.1 Å². The summed E-state index contributed by atoms with van der Waals surface area (Å²) in [6, 6.07) is 3.76. The highest BCUT2D eigenvalue weighted by Gasteiger charge is 2.31. The summed E-state index contributed by atoms with van der Waals surface area (Å²) >= 11 is 5.76. The minimum absolute atomic E-state index is 0.0419. The molecule has 0 saturated heterocycles. The highest BCUT2D eigenvalue weighted by atomic mass is 35.5. The number of rotatable bonds is 8. The van der Waals surface area contributed by atoms with Gasteiger partial charge in [-0.1, -0.05) is 25.4 Å². The molecule has 0 bridgehead atoms. The van der Waals surface area contributed by atoms with Crippen LogP contribution in [-0.2, 0) is 6.18 Å². The molecule has 11 heteroatoms. The average molecular weight is 444 g/mol. The zero-order valence-corrected chi connectivity index (χ0v) is 17.1. The SMILES string of the molecule is CC(C)CN=C(N)c1cc(C(=O)NCCOc2ncc(C(F)(F)F)cc2Cl)ccn1. The largest absolute Gasteiger partial charge is 0.475 e. The average Bonchev–Trinajstić information content (AvgIpc) is 2.69. The molecule has 162 valence electrons. The Balaban J connectivity index is 1.90. The fourth-order valence-corrected chi connectivity index (χ4v) is 2.40. The molecule has 0 atom stereocenters. The fourth-order valence-electron chi connectivity index (χ4n) is 2.17. The van der Waals surface area contributed by atoms with E-state index in [0.717, 1.165) is 6.07 Å². The lowest BCUT2D eigenvalue weighted by Crippen LogP contribution is -2.28. The number of aliphatic imine (C=N–C) groups is 1. The lowest BCUT2D eigenvalue weighted by molar-refractivity contribution is -0.137. The van der Waals surface area contributed by atoms with Gasteiger partial charge >= 0.3 is 6.18 Å². The van der Waals surface area contributed by atoms with Crippen LogP contribution in [0.1, 0.15) is 35.5 Å². The van der Waals surface area contributed by atoms with Crippen LogP contribution in [0.2, 0.25) is 5.02 Å². The number of nitrogens with zero attached hydrogens (tertiary/aromatic N) is 3. The van der Waals surface area contributed by atoms with Crippen LogP contribution >= 0.6 is 11.6 Å². The first-order valence-electron chi connectivity index (χ1n) is 8.98. The monoisotopic (exact) mass is 443 g/mol. The molecule has 0 aromatic carbocycles. The fraction of sp³-hybridized carbons (Fsp3) is 0.368. The van der Waals surface area contributed by atoms with E-state index in [1.807, 2.05) is 13.8 Å². The molecule has 0 spiro atoms. The summed E-state index contributed by atoms with van der Waals surface area (Å²) in [5.74, 6) is 0.0250. The minimum Gasteiger partial charge on any atom is -0.475 e. The van der Waals surface area contributed by atoms with Crippen LogP contribution in [0.4, 0.5) is 13.2 Å². The van der Waals surface area contributed by atoms with Crippen molar-refractivity contribution in [3.63, 3.8) is 0 Å². The van der Waals surface area contributed by atoms with Crippen LogP contribution in [0.15, 0.2) is 35.6 Å². The van der Waals surface area contributed by atoms with Crippen molar-refractivity contribution in [1.82, 2.24) is 15.3 Å². The molecule has 0 saturated carbocycles. The van der Waals surface area contributed by atoms with Crippen molar-refractivity contribution in [1.29, 1.82) is 0 Å². The highest BCUT2D eigenvalue weighted by molar-refractivity contribution is 6.31. The molecule has 0 fully saturated rings. The second-order valence-electron chi connectivity index (χ2n) is 6.66. The zero-order chi connectivity index (χ0) is 22.3. The summed E-state index contributed by atoms with van der Waals surface area (Å²) in [5, 5.41) is 2.35. The quantitative estimate of drug-likeness (QED) is 0.370. The van der Waals surface area contributed by atoms with Gasteiger partial charge in [0.15, 0.2) is 0 Å². The Morgan fingerprint density at radius 2 is 2.07 bits per heavy atom. The second-order valence-corrected chi connectivity index (χ2v) is 7.07. The molecular weight excluding hydrogens is 423 g/mol.